The molecule has 1 aromatic heterocycles. The van der Waals surface area contributed by atoms with Gasteiger partial charge in [0.1, 0.15) is 0 Å². The molecule has 4 rings (SSSR count). The van der Waals surface area contributed by atoms with Crippen LogP contribution in [0.15, 0.2) is 66.0 Å². The minimum Gasteiger partial charge on any atom is -0.339 e. The van der Waals surface area contributed by atoms with Gasteiger partial charge in [-0.1, -0.05) is 30.3 Å². The number of piperidine rings is 1. The summed E-state index contributed by atoms with van der Waals surface area (Å²) in [5.41, 5.74) is 8.50. The van der Waals surface area contributed by atoms with E-state index in [9.17, 15) is 4.79 Å². The van der Waals surface area contributed by atoms with Crippen LogP contribution in [0.5, 0.6) is 0 Å². The fourth-order valence-corrected chi connectivity index (χ4v) is 3.93. The van der Waals surface area contributed by atoms with E-state index in [1.807, 2.05) is 65.6 Å². The summed E-state index contributed by atoms with van der Waals surface area (Å²) in [6.45, 7) is 4.52. The number of amides is 1. The van der Waals surface area contributed by atoms with Crippen molar-refractivity contribution in [3.63, 3.8) is 0 Å². The number of aryl methyl sites for hydroxylation is 2. The molecule has 1 N–H and O–H groups in total. The van der Waals surface area contributed by atoms with Gasteiger partial charge in [-0.3, -0.25) is 9.48 Å². The summed E-state index contributed by atoms with van der Waals surface area (Å²) in [7, 11) is 1.92. The van der Waals surface area contributed by atoms with Gasteiger partial charge in [0, 0.05) is 44.0 Å². The predicted molar refractivity (Wildman–Crippen MR) is 124 cm³/mol. The minimum atomic E-state index is 0.133. The number of nitrogens with one attached hydrogen (secondary N) is 1. The fourth-order valence-electron chi connectivity index (χ4n) is 3.93. The average molecular weight is 416 g/mol. The molecule has 0 atom stereocenters. The Labute approximate surface area is 183 Å². The van der Waals surface area contributed by atoms with Gasteiger partial charge in [0.25, 0.3) is 5.91 Å². The Morgan fingerprint density at radius 1 is 1.16 bits per heavy atom. The molecule has 1 aliphatic heterocycles. The molecule has 2 aromatic carbocycles. The maximum absolute atomic E-state index is 12.6. The Bertz CT molecular complexity index is 1050. The van der Waals surface area contributed by atoms with E-state index in [2.05, 4.69) is 40.7 Å². The Morgan fingerprint density at radius 3 is 2.65 bits per heavy atom. The van der Waals surface area contributed by atoms with Crippen molar-refractivity contribution < 1.29 is 4.79 Å². The van der Waals surface area contributed by atoms with E-state index < -0.39 is 0 Å². The number of hydrogen-bond acceptors (Lipinski definition) is 4. The van der Waals surface area contributed by atoms with Crippen molar-refractivity contribution in [2.24, 2.45) is 18.1 Å². The highest BCUT2D eigenvalue weighted by Gasteiger charge is 2.23. The zero-order valence-electron chi connectivity index (χ0n) is 18.2. The molecule has 3 aromatic rings. The highest BCUT2D eigenvalue weighted by atomic mass is 16.2. The van der Waals surface area contributed by atoms with E-state index in [1.54, 1.807) is 0 Å². The molecule has 0 bridgehead atoms. The van der Waals surface area contributed by atoms with Crippen molar-refractivity contribution in [3.05, 3.63) is 77.6 Å². The third-order valence-corrected chi connectivity index (χ3v) is 5.91. The summed E-state index contributed by atoms with van der Waals surface area (Å²) in [5, 5.41) is 8.71. The number of hydrogen-bond donors (Lipinski definition) is 1. The number of benzene rings is 2. The van der Waals surface area contributed by atoms with E-state index in [4.69, 9.17) is 0 Å². The number of rotatable bonds is 6. The SMILES string of the molecule is Cc1ccc(-c2cnn(C)c2)cc1/C=N\NCC1CCN(C(=O)c2ccccc2)CC1. The second kappa shape index (κ2) is 9.60. The van der Waals surface area contributed by atoms with Crippen LogP contribution in [0.2, 0.25) is 0 Å². The van der Waals surface area contributed by atoms with Gasteiger partial charge >= 0.3 is 0 Å². The van der Waals surface area contributed by atoms with Crippen LogP contribution in [0.25, 0.3) is 11.1 Å². The second-order valence-electron chi connectivity index (χ2n) is 8.20. The standard InChI is InChI=1S/C25H29N5O/c1-19-8-9-22(24-17-28-29(2)18-24)14-23(19)16-27-26-15-20-10-12-30(13-11-20)25(31)21-6-4-3-5-7-21/h3-9,14,16-18,20,26H,10-13,15H2,1-2H3/b27-16-. The molecule has 0 aliphatic carbocycles. The smallest absolute Gasteiger partial charge is 0.253 e. The predicted octanol–water partition coefficient (Wildman–Crippen LogP) is 3.87. The summed E-state index contributed by atoms with van der Waals surface area (Å²) in [4.78, 5) is 14.5. The number of hydrazone groups is 1. The monoisotopic (exact) mass is 415 g/mol. The Morgan fingerprint density at radius 2 is 1.94 bits per heavy atom. The molecule has 31 heavy (non-hydrogen) atoms. The van der Waals surface area contributed by atoms with Gasteiger partial charge in [0.2, 0.25) is 0 Å². The van der Waals surface area contributed by atoms with Gasteiger partial charge in [0.05, 0.1) is 12.4 Å². The lowest BCUT2D eigenvalue weighted by Crippen LogP contribution is -2.40. The zero-order chi connectivity index (χ0) is 21.6. The quantitative estimate of drug-likeness (QED) is 0.491. The normalized spacial score (nSPS) is 14.8. The van der Waals surface area contributed by atoms with Crippen LogP contribution >= 0.6 is 0 Å². The largest absolute Gasteiger partial charge is 0.339 e. The van der Waals surface area contributed by atoms with Gasteiger partial charge in [0.15, 0.2) is 0 Å². The molecule has 0 spiro atoms. The Kier molecular flexibility index (Phi) is 6.46. The van der Waals surface area contributed by atoms with Gasteiger partial charge in [-0.25, -0.2) is 0 Å². The molecule has 1 amide bonds. The number of carbonyl (C=O) groups excluding carboxylic acids is 1. The van der Waals surface area contributed by atoms with E-state index in [0.29, 0.717) is 5.92 Å². The molecular formula is C25H29N5O. The summed E-state index contributed by atoms with van der Waals surface area (Å²) in [6.07, 6.45) is 7.77. The lowest BCUT2D eigenvalue weighted by Gasteiger charge is -2.31. The van der Waals surface area contributed by atoms with Gasteiger partial charge in [-0.2, -0.15) is 10.2 Å². The molecule has 0 unspecified atom stereocenters. The van der Waals surface area contributed by atoms with Crippen LogP contribution in [0.1, 0.15) is 34.3 Å². The topological polar surface area (TPSA) is 62.5 Å². The van der Waals surface area contributed by atoms with E-state index in [-0.39, 0.29) is 5.91 Å². The third-order valence-electron chi connectivity index (χ3n) is 5.91. The number of nitrogens with zero attached hydrogens (tertiary/aromatic N) is 4. The molecule has 1 fully saturated rings. The van der Waals surface area contributed by atoms with Crippen LogP contribution in [0.3, 0.4) is 0 Å². The van der Waals surface area contributed by atoms with Gasteiger partial charge in [-0.05, 0) is 60.6 Å². The molecule has 1 aliphatic rings. The van der Waals surface area contributed by atoms with E-state index >= 15 is 0 Å². The Hall–Kier alpha value is -3.41. The van der Waals surface area contributed by atoms with Crippen LogP contribution in [0.4, 0.5) is 0 Å². The van der Waals surface area contributed by atoms with Crippen molar-refractivity contribution in [3.8, 4) is 11.1 Å². The molecule has 160 valence electrons. The third kappa shape index (κ3) is 5.20. The number of likely N-dealkylation sites (tertiary alicyclic amines) is 1. The lowest BCUT2D eigenvalue weighted by atomic mass is 9.96. The summed E-state index contributed by atoms with van der Waals surface area (Å²) in [6, 6.07) is 15.9. The van der Waals surface area contributed by atoms with Crippen molar-refractivity contribution in [2.75, 3.05) is 19.6 Å². The van der Waals surface area contributed by atoms with E-state index in [0.717, 1.165) is 54.7 Å². The highest BCUT2D eigenvalue weighted by Crippen LogP contribution is 2.21. The van der Waals surface area contributed by atoms with Gasteiger partial charge in [-0.15, -0.1) is 0 Å². The first kappa shape index (κ1) is 20.8. The maximum atomic E-state index is 12.6. The second-order valence-corrected chi connectivity index (χ2v) is 8.20. The molecule has 0 saturated carbocycles. The molecule has 0 radical (unpaired) electrons. The van der Waals surface area contributed by atoms with Gasteiger partial charge < -0.3 is 10.3 Å². The first-order valence-corrected chi connectivity index (χ1v) is 10.8. The summed E-state index contributed by atoms with van der Waals surface area (Å²) < 4.78 is 1.81. The number of aromatic nitrogens is 2. The molecule has 2 heterocycles. The summed E-state index contributed by atoms with van der Waals surface area (Å²) >= 11 is 0. The average Bonchev–Trinajstić information content (AvgIpc) is 3.24. The summed E-state index contributed by atoms with van der Waals surface area (Å²) in [5.74, 6) is 0.661. The first-order valence-electron chi connectivity index (χ1n) is 10.8. The zero-order valence-corrected chi connectivity index (χ0v) is 18.2. The molecule has 6 nitrogen and oxygen atoms in total. The van der Waals surface area contributed by atoms with E-state index in [1.165, 1.54) is 5.56 Å². The van der Waals surface area contributed by atoms with Crippen molar-refractivity contribution >= 4 is 12.1 Å². The highest BCUT2D eigenvalue weighted by molar-refractivity contribution is 5.94. The maximum Gasteiger partial charge on any atom is 0.253 e. The van der Waals surface area contributed by atoms with Crippen LogP contribution in [-0.4, -0.2) is 46.4 Å². The van der Waals surface area contributed by atoms with Crippen LogP contribution < -0.4 is 5.43 Å². The minimum absolute atomic E-state index is 0.133. The first-order chi connectivity index (χ1) is 15.1. The van der Waals surface area contributed by atoms with Crippen LogP contribution in [0, 0.1) is 12.8 Å². The molecular weight excluding hydrogens is 386 g/mol. The van der Waals surface area contributed by atoms with Crippen molar-refractivity contribution in [1.82, 2.24) is 20.1 Å². The molecule has 1 saturated heterocycles. The molecule has 6 heteroatoms. The van der Waals surface area contributed by atoms with Crippen molar-refractivity contribution in [1.29, 1.82) is 0 Å². The number of carbonyl (C=O) groups is 1. The fraction of sp³-hybridized carbons (Fsp3) is 0.320. The van der Waals surface area contributed by atoms with Crippen molar-refractivity contribution in [2.45, 2.75) is 19.8 Å². The Balaban J connectivity index is 1.27. The lowest BCUT2D eigenvalue weighted by molar-refractivity contribution is 0.0690. The van der Waals surface area contributed by atoms with Crippen LogP contribution in [-0.2, 0) is 7.05 Å².